The van der Waals surface area contributed by atoms with E-state index in [1.165, 1.54) is 23.1 Å². The van der Waals surface area contributed by atoms with Gasteiger partial charge in [0.05, 0.1) is 27.6 Å². The molecule has 0 saturated carbocycles. The van der Waals surface area contributed by atoms with E-state index in [0.29, 0.717) is 27.4 Å². The maximum Gasteiger partial charge on any atom is 0.323 e. The highest BCUT2D eigenvalue weighted by molar-refractivity contribution is 7.94. The van der Waals surface area contributed by atoms with Crippen LogP contribution in [-0.2, 0) is 21.6 Å². The van der Waals surface area contributed by atoms with Crippen LogP contribution in [0.4, 0.5) is 5.69 Å². The summed E-state index contributed by atoms with van der Waals surface area (Å²) in [6, 6.07) is 17.4. The molecule has 13 heteroatoms. The van der Waals surface area contributed by atoms with Gasteiger partial charge in [-0.2, -0.15) is 9.46 Å². The molecule has 0 fully saturated rings. The fourth-order valence-electron chi connectivity index (χ4n) is 4.27. The van der Waals surface area contributed by atoms with Gasteiger partial charge in [-0.05, 0) is 62.4 Å². The van der Waals surface area contributed by atoms with Crippen LogP contribution in [0.3, 0.4) is 0 Å². The van der Waals surface area contributed by atoms with Crippen molar-refractivity contribution in [2.24, 2.45) is 11.4 Å². The zero-order valence-corrected chi connectivity index (χ0v) is 25.5. The number of carboxylic acids is 1. The van der Waals surface area contributed by atoms with Gasteiger partial charge in [-0.25, -0.2) is 4.21 Å². The number of carboxylic acid groups (broad SMARTS) is 1. The SMILES string of the molecule is Cc1cc(C(=O)Nc2cccc(C#Cc3cncc(C(=O)N=[S@](=O)(CCCNC(CO)C(=O)O)c4ccccc4)c3)c2)n(C)n1. The molecule has 0 spiro atoms. The number of carbonyl (C=O) groups excluding carboxylic acids is 2. The Kier molecular flexibility index (Phi) is 10.9. The molecule has 2 heterocycles. The second-order valence-electron chi connectivity index (χ2n) is 9.98. The molecule has 45 heavy (non-hydrogen) atoms. The highest BCUT2D eigenvalue weighted by Crippen LogP contribution is 2.17. The second-order valence-corrected chi connectivity index (χ2v) is 12.3. The number of hydrogen-bond donors (Lipinski definition) is 4. The van der Waals surface area contributed by atoms with Gasteiger partial charge in [0.25, 0.3) is 11.8 Å². The average Bonchev–Trinajstić information content (AvgIpc) is 3.38. The van der Waals surface area contributed by atoms with Gasteiger partial charge in [-0.3, -0.25) is 24.0 Å². The Balaban J connectivity index is 1.51. The fourth-order valence-corrected chi connectivity index (χ4v) is 6.20. The number of hydrogen-bond acceptors (Lipinski definition) is 8. The molecule has 2 amide bonds. The van der Waals surface area contributed by atoms with Gasteiger partial charge in [0.1, 0.15) is 11.7 Å². The summed E-state index contributed by atoms with van der Waals surface area (Å²) in [4.78, 5) is 41.5. The van der Waals surface area contributed by atoms with Gasteiger partial charge < -0.3 is 20.8 Å². The van der Waals surface area contributed by atoms with Gasteiger partial charge >= 0.3 is 5.97 Å². The van der Waals surface area contributed by atoms with E-state index >= 15 is 0 Å². The maximum absolute atomic E-state index is 14.0. The Bertz CT molecular complexity index is 1890. The first-order valence-electron chi connectivity index (χ1n) is 13.9. The van der Waals surface area contributed by atoms with Crippen LogP contribution < -0.4 is 10.6 Å². The first-order chi connectivity index (χ1) is 21.6. The minimum Gasteiger partial charge on any atom is -0.480 e. The molecular formula is C32H32N6O6S. The van der Waals surface area contributed by atoms with Gasteiger partial charge in [-0.1, -0.05) is 36.1 Å². The van der Waals surface area contributed by atoms with E-state index in [4.69, 9.17) is 5.11 Å². The quantitative estimate of drug-likeness (QED) is 0.144. The third kappa shape index (κ3) is 8.93. The number of aliphatic hydroxyl groups is 1. The van der Waals surface area contributed by atoms with Crippen LogP contribution in [-0.4, -0.2) is 71.9 Å². The van der Waals surface area contributed by atoms with Crippen LogP contribution >= 0.6 is 0 Å². The largest absolute Gasteiger partial charge is 0.480 e. The van der Waals surface area contributed by atoms with Crippen molar-refractivity contribution in [3.05, 3.63) is 107 Å². The number of aryl methyl sites for hydroxylation is 2. The predicted octanol–water partition coefficient (Wildman–Crippen LogP) is 2.87. The van der Waals surface area contributed by atoms with Crippen molar-refractivity contribution in [1.82, 2.24) is 20.1 Å². The van der Waals surface area contributed by atoms with E-state index < -0.39 is 34.3 Å². The van der Waals surface area contributed by atoms with Gasteiger partial charge in [0, 0.05) is 46.9 Å². The van der Waals surface area contributed by atoms with Crippen molar-refractivity contribution in [1.29, 1.82) is 0 Å². The molecule has 0 radical (unpaired) electrons. The molecule has 0 bridgehead atoms. The molecule has 4 aromatic rings. The zero-order chi connectivity index (χ0) is 32.4. The van der Waals surface area contributed by atoms with Gasteiger partial charge in [0.2, 0.25) is 0 Å². The highest BCUT2D eigenvalue weighted by Gasteiger charge is 2.19. The lowest BCUT2D eigenvalue weighted by Gasteiger charge is -2.13. The van der Waals surface area contributed by atoms with Crippen LogP contribution in [0.2, 0.25) is 0 Å². The predicted molar refractivity (Wildman–Crippen MR) is 168 cm³/mol. The van der Waals surface area contributed by atoms with E-state index in [2.05, 4.69) is 36.9 Å². The van der Waals surface area contributed by atoms with Crippen LogP contribution in [0.1, 0.15) is 44.1 Å². The maximum atomic E-state index is 14.0. The topological polar surface area (TPSA) is 176 Å². The number of aromatic nitrogens is 3. The first-order valence-corrected chi connectivity index (χ1v) is 15.6. The van der Waals surface area contributed by atoms with Crippen LogP contribution in [0, 0.1) is 18.8 Å². The molecule has 4 rings (SSSR count). The minimum absolute atomic E-state index is 0.0203. The Morgan fingerprint density at radius 3 is 2.47 bits per heavy atom. The van der Waals surface area contributed by atoms with Crippen LogP contribution in [0.15, 0.2) is 88.4 Å². The Morgan fingerprint density at radius 2 is 1.78 bits per heavy atom. The summed E-state index contributed by atoms with van der Waals surface area (Å²) < 4.78 is 19.6. The number of carbonyl (C=O) groups is 3. The molecule has 1 unspecified atom stereocenters. The third-order valence-electron chi connectivity index (χ3n) is 6.50. The minimum atomic E-state index is -3.22. The van der Waals surface area contributed by atoms with E-state index in [0.717, 1.165) is 5.69 Å². The lowest BCUT2D eigenvalue weighted by Crippen LogP contribution is -2.40. The van der Waals surface area contributed by atoms with E-state index in [-0.39, 0.29) is 30.2 Å². The number of nitrogens with zero attached hydrogens (tertiary/aromatic N) is 4. The van der Waals surface area contributed by atoms with Crippen molar-refractivity contribution in [3.8, 4) is 11.8 Å². The average molecular weight is 629 g/mol. The summed E-state index contributed by atoms with van der Waals surface area (Å²) in [6.45, 7) is 1.36. The summed E-state index contributed by atoms with van der Waals surface area (Å²) in [5.41, 5.74) is 2.84. The number of rotatable bonds is 11. The van der Waals surface area contributed by atoms with Crippen molar-refractivity contribution in [2.75, 3.05) is 24.2 Å². The fraction of sp³-hybridized carbons (Fsp3) is 0.219. The zero-order valence-electron chi connectivity index (χ0n) is 24.6. The van der Waals surface area contributed by atoms with Crippen LogP contribution in [0.5, 0.6) is 0 Å². The summed E-state index contributed by atoms with van der Waals surface area (Å²) >= 11 is 0. The molecule has 2 aromatic carbocycles. The summed E-state index contributed by atoms with van der Waals surface area (Å²) in [7, 11) is -1.53. The van der Waals surface area contributed by atoms with Gasteiger partial charge in [-0.15, -0.1) is 0 Å². The van der Waals surface area contributed by atoms with E-state index in [1.54, 1.807) is 74.6 Å². The van der Waals surface area contributed by atoms with Crippen molar-refractivity contribution < 1.29 is 28.8 Å². The summed E-state index contributed by atoms with van der Waals surface area (Å²) in [5, 5.41) is 28.0. The number of benzene rings is 2. The van der Waals surface area contributed by atoms with Crippen LogP contribution in [0.25, 0.3) is 0 Å². The molecule has 232 valence electrons. The monoisotopic (exact) mass is 628 g/mol. The summed E-state index contributed by atoms with van der Waals surface area (Å²) in [6.07, 6.45) is 3.04. The normalized spacial score (nSPS) is 12.7. The number of pyridine rings is 1. The van der Waals surface area contributed by atoms with Crippen molar-refractivity contribution in [3.63, 3.8) is 0 Å². The lowest BCUT2D eigenvalue weighted by molar-refractivity contribution is -0.140. The number of nitrogens with one attached hydrogen (secondary N) is 2. The Hall–Kier alpha value is -5.16. The number of aliphatic carboxylic acids is 1. The first kappa shape index (κ1) is 32.7. The highest BCUT2D eigenvalue weighted by atomic mass is 32.2. The lowest BCUT2D eigenvalue weighted by atomic mass is 10.1. The van der Waals surface area contributed by atoms with Crippen molar-refractivity contribution in [2.45, 2.75) is 24.3 Å². The van der Waals surface area contributed by atoms with Gasteiger partial charge in [0.15, 0.2) is 0 Å². The molecular weight excluding hydrogens is 596 g/mol. The smallest absolute Gasteiger partial charge is 0.323 e. The van der Waals surface area contributed by atoms with E-state index in [1.807, 2.05) is 0 Å². The van der Waals surface area contributed by atoms with E-state index in [9.17, 15) is 23.7 Å². The Morgan fingerprint density at radius 1 is 1.02 bits per heavy atom. The number of anilines is 1. The Labute approximate surface area is 260 Å². The molecule has 2 atom stereocenters. The molecule has 0 aliphatic carbocycles. The standard InChI is InChI=1S/C32H32N6O6S/c1-22-16-29(38(2)36-22)31(41)35-26-9-6-8-23(18-26)12-13-24-17-25(20-33-19-24)30(40)37-45(44,27-10-4-3-5-11-27)15-7-14-34-28(21-39)32(42)43/h3-6,8-11,16-20,28,34,39H,7,14-15,21H2,1-2H3,(H,35,41)(H,42,43)/t28?,45-/m0/s1. The third-order valence-corrected chi connectivity index (χ3v) is 8.81. The molecule has 12 nitrogen and oxygen atoms in total. The van der Waals surface area contributed by atoms with Crippen molar-refractivity contribution >= 4 is 33.2 Å². The number of amides is 2. The molecule has 0 aliphatic heterocycles. The summed E-state index contributed by atoms with van der Waals surface area (Å²) in [5.74, 6) is 3.70. The molecule has 0 saturated heterocycles. The second kappa shape index (κ2) is 15.0. The molecule has 0 aliphatic rings. The molecule has 4 N–H and O–H groups in total. The molecule has 2 aromatic heterocycles. The number of aliphatic hydroxyl groups excluding tert-OH is 1.